The number of unbranched alkanes of at least 4 members (excludes halogenated alkanes) is 12. The van der Waals surface area contributed by atoms with Crippen LogP contribution >= 0.6 is 0 Å². The third kappa shape index (κ3) is 30.0. The van der Waals surface area contributed by atoms with Crippen LogP contribution in [0.3, 0.4) is 0 Å². The first-order chi connectivity index (χ1) is 14.6. The summed E-state index contributed by atoms with van der Waals surface area (Å²) in [7, 11) is 0. The van der Waals surface area contributed by atoms with Crippen molar-refractivity contribution in [1.29, 1.82) is 0 Å². The molecule has 0 aliphatic heterocycles. The van der Waals surface area contributed by atoms with Gasteiger partial charge in [-0.2, -0.15) is 0 Å². The van der Waals surface area contributed by atoms with E-state index in [9.17, 15) is 10.2 Å². The molecular formula is C26H56O4. The first-order valence-electron chi connectivity index (χ1n) is 13.2. The summed E-state index contributed by atoms with van der Waals surface area (Å²) in [5.74, 6) is 0. The van der Waals surface area contributed by atoms with Gasteiger partial charge in [-0.1, -0.05) is 104 Å². The molecule has 184 valence electrons. The zero-order valence-corrected chi connectivity index (χ0v) is 20.5. The molecule has 0 heterocycles. The molecule has 0 aromatic carbocycles. The van der Waals surface area contributed by atoms with Crippen molar-refractivity contribution in [3.63, 3.8) is 0 Å². The highest BCUT2D eigenvalue weighted by Gasteiger charge is 2.03. The van der Waals surface area contributed by atoms with Crippen molar-refractivity contribution < 1.29 is 20.4 Å². The predicted molar refractivity (Wildman–Crippen MR) is 130 cm³/mol. The van der Waals surface area contributed by atoms with Crippen LogP contribution in [0, 0.1) is 0 Å². The maximum atomic E-state index is 9.59. The molecule has 2 unspecified atom stereocenters. The van der Waals surface area contributed by atoms with Gasteiger partial charge in [-0.25, -0.2) is 0 Å². The minimum atomic E-state index is -0.0672. The molecule has 0 aliphatic rings. The second-order valence-corrected chi connectivity index (χ2v) is 8.86. The lowest BCUT2D eigenvalue weighted by atomic mass is 10.0. The van der Waals surface area contributed by atoms with E-state index in [-0.39, 0.29) is 12.2 Å². The summed E-state index contributed by atoms with van der Waals surface area (Å²) in [4.78, 5) is 0. The second-order valence-electron chi connectivity index (χ2n) is 8.86. The number of hydrogen-bond donors (Lipinski definition) is 4. The molecular weight excluding hydrogens is 376 g/mol. The third-order valence-electron chi connectivity index (χ3n) is 5.67. The van der Waals surface area contributed by atoms with E-state index >= 15 is 0 Å². The maximum absolute atomic E-state index is 9.59. The average Bonchev–Trinajstić information content (AvgIpc) is 2.75. The van der Waals surface area contributed by atoms with Crippen LogP contribution in [0.5, 0.6) is 0 Å². The molecule has 0 fully saturated rings. The van der Waals surface area contributed by atoms with Crippen molar-refractivity contribution in [3.05, 3.63) is 0 Å². The highest BCUT2D eigenvalue weighted by molar-refractivity contribution is 4.57. The van der Waals surface area contributed by atoms with Crippen LogP contribution < -0.4 is 0 Å². The Hall–Kier alpha value is -0.160. The summed E-state index contributed by atoms with van der Waals surface area (Å²) in [5, 5.41) is 36.4. The molecule has 0 spiro atoms. The molecule has 4 heteroatoms. The Balaban J connectivity index is 0. The highest BCUT2D eigenvalue weighted by Crippen LogP contribution is 2.12. The largest absolute Gasteiger partial charge is 0.396 e. The van der Waals surface area contributed by atoms with Gasteiger partial charge in [-0.05, 0) is 38.5 Å². The lowest BCUT2D eigenvalue weighted by Crippen LogP contribution is -2.05. The predicted octanol–water partition coefficient (Wildman–Crippen LogP) is 6.52. The molecule has 0 aromatic heterocycles. The molecule has 30 heavy (non-hydrogen) atoms. The summed E-state index contributed by atoms with van der Waals surface area (Å²) in [6.07, 6.45) is 22.3. The first kappa shape index (κ1) is 32.0. The summed E-state index contributed by atoms with van der Waals surface area (Å²) < 4.78 is 0. The molecule has 0 rings (SSSR count). The van der Waals surface area contributed by atoms with Crippen LogP contribution in [0.15, 0.2) is 0 Å². The van der Waals surface area contributed by atoms with Crippen LogP contribution in [0.4, 0.5) is 0 Å². The Morgan fingerprint density at radius 3 is 0.967 bits per heavy atom. The van der Waals surface area contributed by atoms with Gasteiger partial charge in [0, 0.05) is 13.2 Å². The Bertz CT molecular complexity index is 258. The molecule has 0 amide bonds. The Kier molecular flexibility index (Phi) is 30.8. The molecule has 0 saturated carbocycles. The van der Waals surface area contributed by atoms with E-state index in [0.717, 1.165) is 77.0 Å². The molecule has 0 aliphatic carbocycles. The van der Waals surface area contributed by atoms with Crippen molar-refractivity contribution in [2.45, 2.75) is 154 Å². The quantitative estimate of drug-likeness (QED) is 0.147. The van der Waals surface area contributed by atoms with Crippen molar-refractivity contribution in [1.82, 2.24) is 0 Å². The van der Waals surface area contributed by atoms with E-state index < -0.39 is 0 Å². The topological polar surface area (TPSA) is 80.9 Å². The Labute approximate surface area is 188 Å². The van der Waals surface area contributed by atoms with Gasteiger partial charge in [0.2, 0.25) is 0 Å². The van der Waals surface area contributed by atoms with Gasteiger partial charge < -0.3 is 20.4 Å². The molecule has 0 saturated heterocycles. The minimum Gasteiger partial charge on any atom is -0.396 e. The highest BCUT2D eigenvalue weighted by atomic mass is 16.3. The second kappa shape index (κ2) is 28.8. The van der Waals surface area contributed by atoms with Crippen LogP contribution in [-0.4, -0.2) is 45.8 Å². The van der Waals surface area contributed by atoms with Gasteiger partial charge in [0.05, 0.1) is 12.2 Å². The zero-order chi connectivity index (χ0) is 22.7. The molecule has 0 bridgehead atoms. The van der Waals surface area contributed by atoms with E-state index in [1.54, 1.807) is 0 Å². The average molecular weight is 433 g/mol. The van der Waals surface area contributed by atoms with Gasteiger partial charge in [0.25, 0.3) is 0 Å². The summed E-state index contributed by atoms with van der Waals surface area (Å²) in [6.45, 7) is 4.98. The summed E-state index contributed by atoms with van der Waals surface area (Å²) in [6, 6.07) is 0. The van der Waals surface area contributed by atoms with E-state index in [2.05, 4.69) is 13.8 Å². The van der Waals surface area contributed by atoms with Crippen molar-refractivity contribution in [3.8, 4) is 0 Å². The van der Waals surface area contributed by atoms with Gasteiger partial charge in [0.1, 0.15) is 0 Å². The van der Waals surface area contributed by atoms with Crippen LogP contribution in [0.25, 0.3) is 0 Å². The molecule has 4 N–H and O–H groups in total. The van der Waals surface area contributed by atoms with E-state index in [4.69, 9.17) is 10.2 Å². The smallest absolute Gasteiger partial charge is 0.0540 e. The van der Waals surface area contributed by atoms with Crippen LogP contribution in [-0.2, 0) is 0 Å². The summed E-state index contributed by atoms with van der Waals surface area (Å²) >= 11 is 0. The molecule has 0 aromatic rings. The molecule has 2 atom stereocenters. The van der Waals surface area contributed by atoms with E-state index in [1.165, 1.54) is 51.4 Å². The minimum absolute atomic E-state index is 0.0672. The lowest BCUT2D eigenvalue weighted by molar-refractivity contribution is 0.147. The van der Waals surface area contributed by atoms with Crippen LogP contribution in [0.2, 0.25) is 0 Å². The fourth-order valence-corrected chi connectivity index (χ4v) is 3.57. The van der Waals surface area contributed by atoms with Gasteiger partial charge in [-0.15, -0.1) is 0 Å². The van der Waals surface area contributed by atoms with Gasteiger partial charge >= 0.3 is 0 Å². The SMILES string of the molecule is CCCCC(O)CCCCCCCCO.CCCCC(O)CCCCCCCCO. The number of rotatable bonds is 22. The maximum Gasteiger partial charge on any atom is 0.0540 e. The Morgan fingerprint density at radius 2 is 0.667 bits per heavy atom. The normalized spacial score (nSPS) is 13.0. The van der Waals surface area contributed by atoms with Crippen molar-refractivity contribution in [2.24, 2.45) is 0 Å². The number of aliphatic hydroxyl groups excluding tert-OH is 4. The van der Waals surface area contributed by atoms with E-state index in [1.807, 2.05) is 0 Å². The third-order valence-corrected chi connectivity index (χ3v) is 5.67. The summed E-state index contributed by atoms with van der Waals surface area (Å²) in [5.41, 5.74) is 0. The number of aliphatic hydroxyl groups is 4. The fourth-order valence-electron chi connectivity index (χ4n) is 3.57. The first-order valence-corrected chi connectivity index (χ1v) is 13.2. The van der Waals surface area contributed by atoms with Crippen molar-refractivity contribution in [2.75, 3.05) is 13.2 Å². The van der Waals surface area contributed by atoms with Crippen molar-refractivity contribution >= 4 is 0 Å². The van der Waals surface area contributed by atoms with E-state index in [0.29, 0.717) is 13.2 Å². The van der Waals surface area contributed by atoms with Gasteiger partial charge in [0.15, 0.2) is 0 Å². The van der Waals surface area contributed by atoms with Gasteiger partial charge in [-0.3, -0.25) is 0 Å². The zero-order valence-electron chi connectivity index (χ0n) is 20.5. The lowest BCUT2D eigenvalue weighted by Gasteiger charge is -2.09. The monoisotopic (exact) mass is 432 g/mol. The molecule has 4 nitrogen and oxygen atoms in total. The Morgan fingerprint density at radius 1 is 0.400 bits per heavy atom. The fraction of sp³-hybridized carbons (Fsp3) is 1.00. The standard InChI is InChI=1S/2C13H28O2/c2*1-2-3-10-13(15)11-8-6-4-5-7-9-12-14/h2*13-15H,2-12H2,1H3. The molecule has 0 radical (unpaired) electrons. The number of hydrogen-bond acceptors (Lipinski definition) is 4. The van der Waals surface area contributed by atoms with Crippen LogP contribution in [0.1, 0.15) is 142 Å².